The van der Waals surface area contributed by atoms with Crippen LogP contribution in [0.3, 0.4) is 0 Å². The van der Waals surface area contributed by atoms with E-state index < -0.39 is 0 Å². The fourth-order valence-electron chi connectivity index (χ4n) is 3.32. The van der Waals surface area contributed by atoms with Crippen LogP contribution in [0.1, 0.15) is 23.1 Å². The smallest absolute Gasteiger partial charge is 0.230 e. The Hall–Kier alpha value is -1.78. The normalized spacial score (nSPS) is 19.8. The van der Waals surface area contributed by atoms with Crippen molar-refractivity contribution in [3.63, 3.8) is 0 Å². The molecular formula is C21H27N2OS+. The Morgan fingerprint density at radius 1 is 1.16 bits per heavy atom. The van der Waals surface area contributed by atoms with Crippen LogP contribution in [-0.4, -0.2) is 30.8 Å². The summed E-state index contributed by atoms with van der Waals surface area (Å²) in [6.45, 7) is 7.42. The number of carbonyl (C=O) groups excluding carboxylic acids is 1. The second-order valence-corrected chi connectivity index (χ2v) is 8.00. The molecule has 1 heterocycles. The maximum Gasteiger partial charge on any atom is 0.230 e. The minimum atomic E-state index is 0.147. The van der Waals surface area contributed by atoms with E-state index in [-0.39, 0.29) is 5.91 Å². The number of nitrogens with one attached hydrogen (secondary N) is 2. The summed E-state index contributed by atoms with van der Waals surface area (Å²) in [7, 11) is 0. The van der Waals surface area contributed by atoms with Gasteiger partial charge in [0.15, 0.2) is 0 Å². The molecule has 3 rings (SSSR count). The Kier molecular flexibility index (Phi) is 6.16. The standard InChI is InChI=1S/C21H26N2OS/c1-16-8-9-20(12-17(16)2)25-15-21(24)22-19-10-11-23(14-19)13-18-6-4-3-5-7-18/h3-9,12,19H,10-11,13-15H2,1-2H3,(H,22,24)/p+1/t19-/m0/s1. The van der Waals surface area contributed by atoms with Crippen molar-refractivity contribution in [1.29, 1.82) is 0 Å². The van der Waals surface area contributed by atoms with Gasteiger partial charge in [-0.3, -0.25) is 4.79 Å². The van der Waals surface area contributed by atoms with Crippen LogP contribution < -0.4 is 10.2 Å². The van der Waals surface area contributed by atoms with Crippen molar-refractivity contribution in [1.82, 2.24) is 5.32 Å². The second kappa shape index (κ2) is 8.54. The molecule has 1 saturated heterocycles. The molecule has 2 N–H and O–H groups in total. The molecule has 0 bridgehead atoms. The van der Waals surface area contributed by atoms with Crippen molar-refractivity contribution >= 4 is 17.7 Å². The average molecular weight is 356 g/mol. The van der Waals surface area contributed by atoms with E-state index in [0.717, 1.165) is 26.1 Å². The summed E-state index contributed by atoms with van der Waals surface area (Å²) >= 11 is 1.62. The van der Waals surface area contributed by atoms with E-state index in [1.807, 2.05) is 0 Å². The summed E-state index contributed by atoms with van der Waals surface area (Å²) in [6.07, 6.45) is 1.07. The number of thioether (sulfide) groups is 1. The lowest BCUT2D eigenvalue weighted by atomic mass is 10.1. The van der Waals surface area contributed by atoms with E-state index >= 15 is 0 Å². The quantitative estimate of drug-likeness (QED) is 0.780. The Balaban J connectivity index is 1.42. The molecule has 0 aromatic heterocycles. The van der Waals surface area contributed by atoms with E-state index in [1.54, 1.807) is 16.7 Å². The highest BCUT2D eigenvalue weighted by Gasteiger charge is 2.27. The van der Waals surface area contributed by atoms with E-state index in [9.17, 15) is 4.79 Å². The molecule has 0 radical (unpaired) electrons. The van der Waals surface area contributed by atoms with Crippen molar-refractivity contribution in [3.05, 3.63) is 65.2 Å². The summed E-state index contributed by atoms with van der Waals surface area (Å²) in [5.41, 5.74) is 3.94. The van der Waals surface area contributed by atoms with Crippen molar-refractivity contribution < 1.29 is 9.69 Å². The number of rotatable bonds is 6. The van der Waals surface area contributed by atoms with Gasteiger partial charge in [-0.25, -0.2) is 0 Å². The third-order valence-corrected chi connectivity index (χ3v) is 5.89. The zero-order valence-corrected chi connectivity index (χ0v) is 15.9. The largest absolute Gasteiger partial charge is 0.347 e. The number of hydrogen-bond donors (Lipinski definition) is 2. The molecule has 4 heteroatoms. The average Bonchev–Trinajstić information content (AvgIpc) is 3.03. The molecule has 1 unspecified atom stereocenters. The Morgan fingerprint density at radius 3 is 2.72 bits per heavy atom. The van der Waals surface area contributed by atoms with E-state index in [1.165, 1.54) is 21.6 Å². The van der Waals surface area contributed by atoms with Gasteiger partial charge in [-0.05, 0) is 37.1 Å². The van der Waals surface area contributed by atoms with E-state index in [4.69, 9.17) is 0 Å². The zero-order valence-electron chi connectivity index (χ0n) is 15.0. The van der Waals surface area contributed by atoms with Gasteiger partial charge in [0.1, 0.15) is 6.54 Å². The molecular weight excluding hydrogens is 328 g/mol. The van der Waals surface area contributed by atoms with Crippen LogP contribution in [0.2, 0.25) is 0 Å². The van der Waals surface area contributed by atoms with Crippen LogP contribution in [0.5, 0.6) is 0 Å². The molecule has 1 aliphatic heterocycles. The second-order valence-electron chi connectivity index (χ2n) is 6.95. The predicted octanol–water partition coefficient (Wildman–Crippen LogP) is 2.37. The minimum absolute atomic E-state index is 0.147. The first-order chi connectivity index (χ1) is 12.1. The maximum atomic E-state index is 12.2. The number of carbonyl (C=O) groups is 1. The summed E-state index contributed by atoms with van der Waals surface area (Å²) in [4.78, 5) is 15.0. The first-order valence-electron chi connectivity index (χ1n) is 8.97. The molecule has 25 heavy (non-hydrogen) atoms. The molecule has 0 spiro atoms. The number of quaternary nitrogens is 1. The summed E-state index contributed by atoms with van der Waals surface area (Å²) < 4.78 is 0. The fraction of sp³-hybridized carbons (Fsp3) is 0.381. The minimum Gasteiger partial charge on any atom is -0.347 e. The molecule has 1 fully saturated rings. The Morgan fingerprint density at radius 2 is 1.96 bits per heavy atom. The van der Waals surface area contributed by atoms with Crippen LogP contribution in [0.4, 0.5) is 0 Å². The lowest BCUT2D eigenvalue weighted by molar-refractivity contribution is -0.901. The third kappa shape index (κ3) is 5.35. The Bertz CT molecular complexity index is 717. The van der Waals surface area contributed by atoms with Crippen LogP contribution in [0, 0.1) is 13.8 Å². The molecule has 2 aromatic carbocycles. The van der Waals surface area contributed by atoms with Crippen molar-refractivity contribution in [2.24, 2.45) is 0 Å². The molecule has 1 amide bonds. The number of likely N-dealkylation sites (tertiary alicyclic amines) is 1. The molecule has 132 valence electrons. The van der Waals surface area contributed by atoms with E-state index in [2.05, 4.69) is 67.7 Å². The van der Waals surface area contributed by atoms with Gasteiger partial charge in [0, 0.05) is 16.9 Å². The molecule has 3 nitrogen and oxygen atoms in total. The highest BCUT2D eigenvalue weighted by Crippen LogP contribution is 2.20. The summed E-state index contributed by atoms with van der Waals surface area (Å²) in [5.74, 6) is 0.640. The molecule has 0 aliphatic carbocycles. The van der Waals surface area contributed by atoms with Gasteiger partial charge in [-0.2, -0.15) is 0 Å². The van der Waals surface area contributed by atoms with Crippen molar-refractivity contribution in [2.45, 2.75) is 37.8 Å². The van der Waals surface area contributed by atoms with Crippen molar-refractivity contribution in [3.8, 4) is 0 Å². The fourth-order valence-corrected chi connectivity index (χ4v) is 4.13. The highest BCUT2D eigenvalue weighted by atomic mass is 32.2. The SMILES string of the molecule is Cc1ccc(SCC(=O)N[C@H]2CC[NH+](Cc3ccccc3)C2)cc1C. The topological polar surface area (TPSA) is 33.5 Å². The highest BCUT2D eigenvalue weighted by molar-refractivity contribution is 8.00. The molecule has 1 aliphatic rings. The first kappa shape index (κ1) is 18.0. The molecule has 0 saturated carbocycles. The van der Waals surface area contributed by atoms with Gasteiger partial charge >= 0.3 is 0 Å². The van der Waals surface area contributed by atoms with Crippen LogP contribution in [0.25, 0.3) is 0 Å². The maximum absolute atomic E-state index is 12.2. The number of hydrogen-bond acceptors (Lipinski definition) is 2. The van der Waals surface area contributed by atoms with Gasteiger partial charge < -0.3 is 10.2 Å². The first-order valence-corrected chi connectivity index (χ1v) is 9.95. The van der Waals surface area contributed by atoms with Crippen molar-refractivity contribution in [2.75, 3.05) is 18.8 Å². The predicted molar refractivity (Wildman–Crippen MR) is 104 cm³/mol. The van der Waals surface area contributed by atoms with Gasteiger partial charge in [0.2, 0.25) is 5.91 Å². The number of benzene rings is 2. The molecule has 2 aromatic rings. The zero-order chi connectivity index (χ0) is 17.6. The monoisotopic (exact) mass is 355 g/mol. The van der Waals surface area contributed by atoms with Crippen LogP contribution in [0.15, 0.2) is 53.4 Å². The summed E-state index contributed by atoms with van der Waals surface area (Å²) in [6, 6.07) is 17.3. The number of amides is 1. The van der Waals surface area contributed by atoms with Gasteiger partial charge in [-0.1, -0.05) is 36.4 Å². The van der Waals surface area contributed by atoms with Crippen LogP contribution in [-0.2, 0) is 11.3 Å². The number of aryl methyl sites for hydroxylation is 2. The van der Waals surface area contributed by atoms with Gasteiger partial charge in [0.05, 0.1) is 24.9 Å². The Labute approximate surface area is 154 Å². The van der Waals surface area contributed by atoms with Gasteiger partial charge in [0.25, 0.3) is 0 Å². The lowest BCUT2D eigenvalue weighted by Crippen LogP contribution is -3.09. The molecule has 2 atom stereocenters. The third-order valence-electron chi connectivity index (χ3n) is 4.89. The van der Waals surface area contributed by atoms with Gasteiger partial charge in [-0.15, -0.1) is 11.8 Å². The lowest BCUT2D eigenvalue weighted by Gasteiger charge is -2.14. The van der Waals surface area contributed by atoms with E-state index in [0.29, 0.717) is 11.8 Å². The van der Waals surface area contributed by atoms with Crippen LogP contribution >= 0.6 is 11.8 Å². The summed E-state index contributed by atoms with van der Waals surface area (Å²) in [5, 5.41) is 3.21.